The van der Waals surface area contributed by atoms with Crippen molar-refractivity contribution in [2.45, 2.75) is 39.2 Å². The quantitative estimate of drug-likeness (QED) is 0.605. The normalized spacial score (nSPS) is 15.8. The lowest BCUT2D eigenvalue weighted by atomic mass is 9.92. The summed E-state index contributed by atoms with van der Waals surface area (Å²) in [5, 5.41) is 0. The Morgan fingerprint density at radius 1 is 1.16 bits per heavy atom. The van der Waals surface area contributed by atoms with Gasteiger partial charge in [0.1, 0.15) is 11.5 Å². The standard InChI is InChI=1S/C26H27N3O3/c1-3-18-8-4-5-10-24(18)32-21-11-12-22(23(14-21)26(27)31)19-13-25(30)29(15-19)16-20-9-6-7-17(2)28-20/h4-12,14,19H,3,13,15-16H2,1-2H3,(H2,27,31). The van der Waals surface area contributed by atoms with Crippen LogP contribution in [0, 0.1) is 6.92 Å². The van der Waals surface area contributed by atoms with E-state index in [-0.39, 0.29) is 11.8 Å². The lowest BCUT2D eigenvalue weighted by molar-refractivity contribution is -0.128. The summed E-state index contributed by atoms with van der Waals surface area (Å²) in [6.45, 7) is 4.97. The Bertz CT molecular complexity index is 1160. The van der Waals surface area contributed by atoms with Crippen molar-refractivity contribution in [3.8, 4) is 11.5 Å². The van der Waals surface area contributed by atoms with Crippen LogP contribution >= 0.6 is 0 Å². The van der Waals surface area contributed by atoms with Gasteiger partial charge in [-0.05, 0) is 54.8 Å². The Labute approximate surface area is 188 Å². The van der Waals surface area contributed by atoms with Crippen LogP contribution in [-0.4, -0.2) is 28.2 Å². The van der Waals surface area contributed by atoms with Crippen LogP contribution < -0.4 is 10.5 Å². The first-order valence-electron chi connectivity index (χ1n) is 10.8. The number of pyridine rings is 1. The maximum Gasteiger partial charge on any atom is 0.249 e. The third kappa shape index (κ3) is 4.64. The van der Waals surface area contributed by atoms with Gasteiger partial charge in [0.05, 0.1) is 12.2 Å². The zero-order valence-corrected chi connectivity index (χ0v) is 18.4. The predicted molar refractivity (Wildman–Crippen MR) is 123 cm³/mol. The molecule has 32 heavy (non-hydrogen) atoms. The van der Waals surface area contributed by atoms with Crippen molar-refractivity contribution < 1.29 is 14.3 Å². The SMILES string of the molecule is CCc1ccccc1Oc1ccc(C2CC(=O)N(Cc3cccc(C)n3)C2)c(C(N)=O)c1. The molecule has 2 amide bonds. The van der Waals surface area contributed by atoms with Gasteiger partial charge in [-0.25, -0.2) is 0 Å². The second kappa shape index (κ2) is 9.22. The van der Waals surface area contributed by atoms with Crippen LogP contribution in [0.15, 0.2) is 60.7 Å². The molecule has 1 aliphatic heterocycles. The minimum absolute atomic E-state index is 0.0472. The fraction of sp³-hybridized carbons (Fsp3) is 0.269. The summed E-state index contributed by atoms with van der Waals surface area (Å²) < 4.78 is 6.05. The first-order chi connectivity index (χ1) is 15.4. The molecule has 0 radical (unpaired) electrons. The van der Waals surface area contributed by atoms with Gasteiger partial charge in [-0.15, -0.1) is 0 Å². The van der Waals surface area contributed by atoms with Crippen LogP contribution in [0.1, 0.15) is 52.1 Å². The highest BCUT2D eigenvalue weighted by atomic mass is 16.5. The minimum atomic E-state index is -0.527. The largest absolute Gasteiger partial charge is 0.457 e. The van der Waals surface area contributed by atoms with Gasteiger partial charge in [0.15, 0.2) is 0 Å². The average molecular weight is 430 g/mol. The summed E-state index contributed by atoms with van der Waals surface area (Å²) in [6, 6.07) is 19.0. The number of hydrogen-bond acceptors (Lipinski definition) is 4. The average Bonchev–Trinajstić information content (AvgIpc) is 3.14. The first kappa shape index (κ1) is 21.6. The Morgan fingerprint density at radius 3 is 2.72 bits per heavy atom. The number of aromatic nitrogens is 1. The Hall–Kier alpha value is -3.67. The van der Waals surface area contributed by atoms with Gasteiger partial charge in [0.2, 0.25) is 11.8 Å². The van der Waals surface area contributed by atoms with Gasteiger partial charge in [-0.2, -0.15) is 0 Å². The number of likely N-dealkylation sites (tertiary alicyclic amines) is 1. The van der Waals surface area contributed by atoms with Crippen molar-refractivity contribution >= 4 is 11.8 Å². The van der Waals surface area contributed by atoms with Crippen molar-refractivity contribution in [3.63, 3.8) is 0 Å². The fourth-order valence-electron chi connectivity index (χ4n) is 4.21. The molecule has 6 nitrogen and oxygen atoms in total. The van der Waals surface area contributed by atoms with Crippen molar-refractivity contribution in [3.05, 3.63) is 88.7 Å². The van der Waals surface area contributed by atoms with E-state index in [4.69, 9.17) is 10.5 Å². The molecule has 1 aliphatic rings. The summed E-state index contributed by atoms with van der Waals surface area (Å²) in [4.78, 5) is 31.2. The molecule has 1 fully saturated rings. The van der Waals surface area contributed by atoms with Crippen LogP contribution in [0.25, 0.3) is 0 Å². The summed E-state index contributed by atoms with van der Waals surface area (Å²) >= 11 is 0. The van der Waals surface area contributed by atoms with E-state index in [0.29, 0.717) is 30.8 Å². The highest BCUT2D eigenvalue weighted by Crippen LogP contribution is 2.34. The van der Waals surface area contributed by atoms with E-state index < -0.39 is 5.91 Å². The number of carbonyl (C=O) groups excluding carboxylic acids is 2. The van der Waals surface area contributed by atoms with E-state index in [2.05, 4.69) is 11.9 Å². The van der Waals surface area contributed by atoms with Crippen LogP contribution in [0.3, 0.4) is 0 Å². The number of carbonyl (C=O) groups is 2. The number of primary amides is 1. The smallest absolute Gasteiger partial charge is 0.249 e. The summed E-state index contributed by atoms with van der Waals surface area (Å²) in [6.07, 6.45) is 1.18. The maximum absolute atomic E-state index is 12.7. The van der Waals surface area contributed by atoms with Crippen molar-refractivity contribution in [1.29, 1.82) is 0 Å². The third-order valence-electron chi connectivity index (χ3n) is 5.82. The summed E-state index contributed by atoms with van der Waals surface area (Å²) in [5.74, 6) is 0.720. The molecule has 3 aromatic rings. The molecule has 0 bridgehead atoms. The number of amides is 2. The Kier molecular flexibility index (Phi) is 6.21. The van der Waals surface area contributed by atoms with Gasteiger partial charge >= 0.3 is 0 Å². The van der Waals surface area contributed by atoms with E-state index in [1.165, 1.54) is 0 Å². The lowest BCUT2D eigenvalue weighted by Crippen LogP contribution is -2.25. The number of benzene rings is 2. The molecule has 0 saturated carbocycles. The molecular weight excluding hydrogens is 402 g/mol. The van der Waals surface area contributed by atoms with Gasteiger partial charge < -0.3 is 15.4 Å². The van der Waals surface area contributed by atoms with Gasteiger partial charge in [-0.3, -0.25) is 14.6 Å². The Morgan fingerprint density at radius 2 is 1.97 bits per heavy atom. The van der Waals surface area contributed by atoms with Gasteiger partial charge in [-0.1, -0.05) is 37.3 Å². The van der Waals surface area contributed by atoms with E-state index in [1.54, 1.807) is 11.0 Å². The predicted octanol–water partition coefficient (Wildman–Crippen LogP) is 4.36. The molecule has 1 saturated heterocycles. The molecule has 2 heterocycles. The van der Waals surface area contributed by atoms with E-state index in [0.717, 1.165) is 34.7 Å². The summed E-state index contributed by atoms with van der Waals surface area (Å²) in [7, 11) is 0. The summed E-state index contributed by atoms with van der Waals surface area (Å²) in [5.41, 5.74) is 9.73. The molecular formula is C26H27N3O3. The van der Waals surface area contributed by atoms with E-state index >= 15 is 0 Å². The number of nitrogens with two attached hydrogens (primary N) is 1. The lowest BCUT2D eigenvalue weighted by Gasteiger charge is -2.18. The highest BCUT2D eigenvalue weighted by Gasteiger charge is 2.33. The van der Waals surface area contributed by atoms with Crippen LogP contribution in [-0.2, 0) is 17.8 Å². The first-order valence-corrected chi connectivity index (χ1v) is 10.8. The number of para-hydroxylation sites is 1. The van der Waals surface area contributed by atoms with Crippen LogP contribution in [0.5, 0.6) is 11.5 Å². The minimum Gasteiger partial charge on any atom is -0.457 e. The Balaban J connectivity index is 1.55. The molecule has 6 heteroatoms. The molecule has 0 aliphatic carbocycles. The molecule has 2 N–H and O–H groups in total. The molecule has 2 aromatic carbocycles. The monoisotopic (exact) mass is 429 g/mol. The number of hydrogen-bond donors (Lipinski definition) is 1. The molecule has 1 aromatic heterocycles. The van der Waals surface area contributed by atoms with E-state index in [1.807, 2.05) is 61.5 Å². The zero-order valence-electron chi connectivity index (χ0n) is 18.4. The van der Waals surface area contributed by atoms with Crippen LogP contribution in [0.2, 0.25) is 0 Å². The fourth-order valence-corrected chi connectivity index (χ4v) is 4.21. The highest BCUT2D eigenvalue weighted by molar-refractivity contribution is 5.95. The second-order valence-electron chi connectivity index (χ2n) is 8.12. The van der Waals surface area contributed by atoms with Gasteiger partial charge in [0, 0.05) is 30.1 Å². The van der Waals surface area contributed by atoms with Crippen molar-refractivity contribution in [1.82, 2.24) is 9.88 Å². The maximum atomic E-state index is 12.7. The molecule has 1 unspecified atom stereocenters. The van der Waals surface area contributed by atoms with Gasteiger partial charge in [0.25, 0.3) is 0 Å². The van der Waals surface area contributed by atoms with Crippen molar-refractivity contribution in [2.75, 3.05) is 6.54 Å². The third-order valence-corrected chi connectivity index (χ3v) is 5.82. The number of nitrogens with zero attached hydrogens (tertiary/aromatic N) is 2. The number of rotatable bonds is 7. The van der Waals surface area contributed by atoms with Crippen LogP contribution in [0.4, 0.5) is 0 Å². The number of aryl methyl sites for hydroxylation is 2. The second-order valence-corrected chi connectivity index (χ2v) is 8.12. The molecule has 164 valence electrons. The number of ether oxygens (including phenoxy) is 1. The molecule has 1 atom stereocenters. The zero-order chi connectivity index (χ0) is 22.7. The van der Waals surface area contributed by atoms with Crippen molar-refractivity contribution in [2.24, 2.45) is 5.73 Å². The topological polar surface area (TPSA) is 85.5 Å². The van der Waals surface area contributed by atoms with E-state index in [9.17, 15) is 9.59 Å². The molecule has 4 rings (SSSR count). The molecule has 0 spiro atoms.